The average molecular weight is 182 g/mol. The van der Waals surface area contributed by atoms with E-state index < -0.39 is 0 Å². The number of oxime groups is 1. The molecule has 0 radical (unpaired) electrons. The minimum Gasteiger partial charge on any atom is -0.399 e. The lowest BCUT2D eigenvalue weighted by atomic mass is 10.4. The molecule has 0 saturated carbocycles. The number of carbonyl (C=O) groups is 1. The minimum absolute atomic E-state index is 0.366. The molecular formula is C7H10N4O2. The van der Waals surface area contributed by atoms with Crippen molar-refractivity contribution in [2.24, 2.45) is 5.16 Å². The Morgan fingerprint density at radius 1 is 1.85 bits per heavy atom. The lowest BCUT2D eigenvalue weighted by molar-refractivity contribution is -0.110. The molecule has 1 rings (SSSR count). The first kappa shape index (κ1) is 9.24. The molecule has 2 N–H and O–H groups in total. The van der Waals surface area contributed by atoms with E-state index in [4.69, 9.17) is 0 Å². The van der Waals surface area contributed by atoms with Crippen molar-refractivity contribution in [2.75, 3.05) is 12.4 Å². The fourth-order valence-corrected chi connectivity index (χ4v) is 0.729. The molecular weight excluding hydrogens is 172 g/mol. The van der Waals surface area contributed by atoms with Gasteiger partial charge in [-0.25, -0.2) is 0 Å². The van der Waals surface area contributed by atoms with Crippen molar-refractivity contribution >= 4 is 17.9 Å². The van der Waals surface area contributed by atoms with Crippen molar-refractivity contribution in [3.05, 3.63) is 11.8 Å². The van der Waals surface area contributed by atoms with Gasteiger partial charge in [-0.2, -0.15) is 5.10 Å². The summed E-state index contributed by atoms with van der Waals surface area (Å²) in [7, 11) is 1.37. The standard InChI is InChI=1S/C7H10N4O2/c1-5-3-8-11-7(5)10-6(12)4-9-13-2/h3-4H,1-2H3,(H2,8,10,11,12)/b9-4+. The predicted octanol–water partition coefficient (Wildman–Crippen LogP) is 0.289. The number of anilines is 1. The third-order valence-corrected chi connectivity index (χ3v) is 1.35. The van der Waals surface area contributed by atoms with E-state index in [2.05, 4.69) is 25.5 Å². The third-order valence-electron chi connectivity index (χ3n) is 1.35. The molecule has 0 fully saturated rings. The van der Waals surface area contributed by atoms with Crippen LogP contribution >= 0.6 is 0 Å². The van der Waals surface area contributed by atoms with Gasteiger partial charge < -0.3 is 10.2 Å². The highest BCUT2D eigenvalue weighted by molar-refractivity contribution is 6.31. The number of amides is 1. The first-order valence-corrected chi connectivity index (χ1v) is 3.61. The number of aryl methyl sites for hydroxylation is 1. The SMILES string of the molecule is CO/N=C/C(=O)Nc1[nH]ncc1C. The molecule has 1 heterocycles. The van der Waals surface area contributed by atoms with Crippen molar-refractivity contribution in [3.63, 3.8) is 0 Å². The van der Waals surface area contributed by atoms with Gasteiger partial charge in [-0.15, -0.1) is 0 Å². The van der Waals surface area contributed by atoms with E-state index in [1.807, 2.05) is 6.92 Å². The van der Waals surface area contributed by atoms with Gasteiger partial charge in [-0.05, 0) is 6.92 Å². The number of hydrogen-bond acceptors (Lipinski definition) is 4. The Labute approximate surface area is 75.0 Å². The van der Waals surface area contributed by atoms with Crippen LogP contribution in [0, 0.1) is 6.92 Å². The fraction of sp³-hybridized carbons (Fsp3) is 0.286. The molecule has 0 atom stereocenters. The smallest absolute Gasteiger partial charge is 0.271 e. The van der Waals surface area contributed by atoms with E-state index in [0.29, 0.717) is 5.82 Å². The predicted molar refractivity (Wildman–Crippen MR) is 47.5 cm³/mol. The van der Waals surface area contributed by atoms with Crippen LogP contribution in [0.3, 0.4) is 0 Å². The molecule has 0 aliphatic heterocycles. The number of aromatic amines is 1. The van der Waals surface area contributed by atoms with Gasteiger partial charge in [-0.1, -0.05) is 5.16 Å². The van der Waals surface area contributed by atoms with Crippen LogP contribution in [-0.4, -0.2) is 29.4 Å². The topological polar surface area (TPSA) is 79.4 Å². The van der Waals surface area contributed by atoms with Crippen LogP contribution in [0.4, 0.5) is 5.82 Å². The van der Waals surface area contributed by atoms with Gasteiger partial charge in [0.25, 0.3) is 5.91 Å². The quantitative estimate of drug-likeness (QED) is 0.520. The molecule has 0 unspecified atom stereocenters. The van der Waals surface area contributed by atoms with E-state index in [-0.39, 0.29) is 5.91 Å². The van der Waals surface area contributed by atoms with Crippen LogP contribution in [0.1, 0.15) is 5.56 Å². The Balaban J connectivity index is 2.55. The first-order chi connectivity index (χ1) is 6.24. The number of nitrogens with zero attached hydrogens (tertiary/aromatic N) is 2. The summed E-state index contributed by atoms with van der Waals surface area (Å²) in [5, 5.41) is 12.2. The van der Waals surface area contributed by atoms with E-state index in [1.165, 1.54) is 7.11 Å². The second-order valence-electron chi connectivity index (χ2n) is 2.33. The molecule has 13 heavy (non-hydrogen) atoms. The number of carbonyl (C=O) groups excluding carboxylic acids is 1. The van der Waals surface area contributed by atoms with Crippen LogP contribution < -0.4 is 5.32 Å². The molecule has 1 aromatic rings. The Hall–Kier alpha value is -1.85. The Bertz CT molecular complexity index is 318. The van der Waals surface area contributed by atoms with E-state index in [9.17, 15) is 4.79 Å². The van der Waals surface area contributed by atoms with Crippen molar-refractivity contribution in [1.82, 2.24) is 10.2 Å². The summed E-state index contributed by atoms with van der Waals surface area (Å²) in [6.07, 6.45) is 2.66. The molecule has 0 aliphatic rings. The van der Waals surface area contributed by atoms with Gasteiger partial charge >= 0.3 is 0 Å². The molecule has 1 aromatic heterocycles. The highest BCUT2D eigenvalue weighted by Gasteiger charge is 2.02. The molecule has 1 amide bonds. The van der Waals surface area contributed by atoms with Gasteiger partial charge in [-0.3, -0.25) is 9.89 Å². The maximum atomic E-state index is 11.0. The molecule has 0 aliphatic carbocycles. The van der Waals surface area contributed by atoms with Gasteiger partial charge in [0.05, 0.1) is 6.20 Å². The Morgan fingerprint density at radius 2 is 2.62 bits per heavy atom. The lowest BCUT2D eigenvalue weighted by Crippen LogP contribution is -2.13. The summed E-state index contributed by atoms with van der Waals surface area (Å²) in [4.78, 5) is 15.4. The number of H-pyrrole nitrogens is 1. The molecule has 0 spiro atoms. The molecule has 70 valence electrons. The maximum Gasteiger partial charge on any atom is 0.271 e. The van der Waals surface area contributed by atoms with Crippen molar-refractivity contribution in [2.45, 2.75) is 6.92 Å². The minimum atomic E-state index is -0.366. The summed E-state index contributed by atoms with van der Waals surface area (Å²) in [5.41, 5.74) is 0.860. The van der Waals surface area contributed by atoms with Gasteiger partial charge in [0.1, 0.15) is 19.1 Å². The molecule has 6 nitrogen and oxygen atoms in total. The highest BCUT2D eigenvalue weighted by Crippen LogP contribution is 2.07. The second kappa shape index (κ2) is 4.24. The van der Waals surface area contributed by atoms with Crippen LogP contribution in [0.5, 0.6) is 0 Å². The maximum absolute atomic E-state index is 11.0. The number of hydrogen-bond donors (Lipinski definition) is 2. The molecule has 0 bridgehead atoms. The number of nitrogens with one attached hydrogen (secondary N) is 2. The Morgan fingerprint density at radius 3 is 3.15 bits per heavy atom. The molecule has 0 saturated heterocycles. The summed E-state index contributed by atoms with van der Waals surface area (Å²) in [6, 6.07) is 0. The Kier molecular flexibility index (Phi) is 3.02. The van der Waals surface area contributed by atoms with Gasteiger partial charge in [0.2, 0.25) is 0 Å². The van der Waals surface area contributed by atoms with Crippen LogP contribution in [0.25, 0.3) is 0 Å². The van der Waals surface area contributed by atoms with Gasteiger partial charge in [0, 0.05) is 5.56 Å². The zero-order valence-electron chi connectivity index (χ0n) is 7.37. The van der Waals surface area contributed by atoms with Crippen LogP contribution in [0.15, 0.2) is 11.4 Å². The summed E-state index contributed by atoms with van der Waals surface area (Å²) in [6.45, 7) is 1.83. The first-order valence-electron chi connectivity index (χ1n) is 3.61. The second-order valence-corrected chi connectivity index (χ2v) is 2.33. The molecule has 0 aromatic carbocycles. The van der Waals surface area contributed by atoms with E-state index >= 15 is 0 Å². The summed E-state index contributed by atoms with van der Waals surface area (Å²) >= 11 is 0. The van der Waals surface area contributed by atoms with E-state index in [0.717, 1.165) is 11.8 Å². The summed E-state index contributed by atoms with van der Waals surface area (Å²) in [5.74, 6) is 0.196. The number of rotatable bonds is 3. The van der Waals surface area contributed by atoms with Crippen molar-refractivity contribution in [1.29, 1.82) is 0 Å². The zero-order chi connectivity index (χ0) is 9.68. The largest absolute Gasteiger partial charge is 0.399 e. The van der Waals surface area contributed by atoms with Crippen LogP contribution in [0.2, 0.25) is 0 Å². The number of aromatic nitrogens is 2. The zero-order valence-corrected chi connectivity index (χ0v) is 7.37. The van der Waals surface area contributed by atoms with E-state index in [1.54, 1.807) is 6.20 Å². The van der Waals surface area contributed by atoms with Gasteiger partial charge in [0.15, 0.2) is 0 Å². The summed E-state index contributed by atoms with van der Waals surface area (Å²) < 4.78 is 0. The lowest BCUT2D eigenvalue weighted by Gasteiger charge is -1.97. The molecule has 6 heteroatoms. The van der Waals surface area contributed by atoms with Crippen LogP contribution in [-0.2, 0) is 9.63 Å². The third kappa shape index (κ3) is 2.58. The fourth-order valence-electron chi connectivity index (χ4n) is 0.729. The normalized spacial score (nSPS) is 10.3. The average Bonchev–Trinajstić information content (AvgIpc) is 2.48. The van der Waals surface area contributed by atoms with Crippen molar-refractivity contribution in [3.8, 4) is 0 Å². The monoisotopic (exact) mass is 182 g/mol. The van der Waals surface area contributed by atoms with Crippen molar-refractivity contribution < 1.29 is 9.63 Å². The highest BCUT2D eigenvalue weighted by atomic mass is 16.6.